The Hall–Kier alpha value is -5.10. The first-order valence-corrected chi connectivity index (χ1v) is 15.7. The number of hydrogen-bond acceptors (Lipinski definition) is 8. The molecule has 1 heterocycles. The van der Waals surface area contributed by atoms with Gasteiger partial charge in [0.2, 0.25) is 5.91 Å². The number of alkyl halides is 3. The number of aliphatic carboxylic acids is 1. The number of halogens is 5. The molecule has 0 aliphatic heterocycles. The summed E-state index contributed by atoms with van der Waals surface area (Å²) in [6.45, 7) is 9.89. The Labute approximate surface area is 296 Å². The van der Waals surface area contributed by atoms with E-state index in [1.807, 2.05) is 56.5 Å². The molecule has 3 rings (SSSR count). The maximum absolute atomic E-state index is 14.9. The quantitative estimate of drug-likeness (QED) is 0.0804. The van der Waals surface area contributed by atoms with E-state index in [1.165, 1.54) is 4.90 Å². The number of carboxylic acid groups (broad SMARTS) is 1. The summed E-state index contributed by atoms with van der Waals surface area (Å²) in [5.41, 5.74) is 1.43. The van der Waals surface area contributed by atoms with Crippen LogP contribution >= 0.6 is 0 Å². The molecule has 0 aliphatic rings. The minimum absolute atomic E-state index is 0.0583. The summed E-state index contributed by atoms with van der Waals surface area (Å²) in [5.74, 6) is 0.249. The number of benzene rings is 2. The predicted molar refractivity (Wildman–Crippen MR) is 178 cm³/mol. The van der Waals surface area contributed by atoms with Crippen molar-refractivity contribution in [2.45, 2.75) is 78.4 Å². The Morgan fingerprint density at radius 2 is 1.60 bits per heavy atom. The Bertz CT molecular complexity index is 1690. The molecule has 0 bridgehead atoms. The number of rotatable bonds is 11. The van der Waals surface area contributed by atoms with Gasteiger partial charge < -0.3 is 29.7 Å². The monoisotopic (exact) mass is 742 g/mol. The number of amides is 3. The van der Waals surface area contributed by atoms with Gasteiger partial charge in [0.25, 0.3) is 5.91 Å². The second kappa shape index (κ2) is 17.9. The van der Waals surface area contributed by atoms with Crippen LogP contribution in [0.1, 0.15) is 65.4 Å². The number of carbonyl (C=O) groups is 4. The number of alkyl carbamates (subject to hydrolysis) is 1. The zero-order valence-corrected chi connectivity index (χ0v) is 29.4. The van der Waals surface area contributed by atoms with Crippen LogP contribution in [-0.4, -0.2) is 79.5 Å². The summed E-state index contributed by atoms with van der Waals surface area (Å²) < 4.78 is 67.9. The molecule has 2 atom stereocenters. The average molecular weight is 743 g/mol. The van der Waals surface area contributed by atoms with Crippen molar-refractivity contribution in [1.29, 1.82) is 0 Å². The second-order valence-corrected chi connectivity index (χ2v) is 13.5. The van der Waals surface area contributed by atoms with E-state index in [2.05, 4.69) is 5.32 Å². The van der Waals surface area contributed by atoms with E-state index in [-0.39, 0.29) is 30.8 Å². The molecule has 3 aromatic rings. The zero-order chi connectivity index (χ0) is 39.6. The number of imidazole rings is 1. The number of aromatic nitrogens is 2. The molecule has 6 N–H and O–H groups in total. The van der Waals surface area contributed by atoms with Gasteiger partial charge in [0.1, 0.15) is 35.7 Å². The number of aliphatic hydroxyl groups is 1. The third kappa shape index (κ3) is 12.9. The van der Waals surface area contributed by atoms with Gasteiger partial charge in [-0.3, -0.25) is 15.0 Å². The SMILES string of the molecule is CC(C)(C)OC(=O)N[C@@H](CCN(C(=O)CO)[C@@H](c1nc(-c2cc(F)ccc2F)cn1Cc1ccccc1)C(C)(C)C)C(=O)NN.O=C(O)C(F)(F)F. The van der Waals surface area contributed by atoms with Crippen molar-refractivity contribution in [2.24, 2.45) is 11.3 Å². The average Bonchev–Trinajstić information content (AvgIpc) is 3.43. The molecule has 0 radical (unpaired) electrons. The molecule has 0 fully saturated rings. The maximum atomic E-state index is 14.9. The topological polar surface area (TPSA) is 189 Å². The minimum Gasteiger partial charge on any atom is -0.475 e. The van der Waals surface area contributed by atoms with Crippen LogP contribution in [0.15, 0.2) is 54.7 Å². The lowest BCUT2D eigenvalue weighted by molar-refractivity contribution is -0.192. The van der Waals surface area contributed by atoms with Gasteiger partial charge in [-0.25, -0.2) is 29.2 Å². The van der Waals surface area contributed by atoms with Crippen LogP contribution in [0.4, 0.5) is 26.7 Å². The molecule has 1 aromatic heterocycles. The first-order valence-electron chi connectivity index (χ1n) is 15.7. The molecule has 18 heteroatoms. The predicted octanol–water partition coefficient (Wildman–Crippen LogP) is 4.69. The highest BCUT2D eigenvalue weighted by molar-refractivity contribution is 5.85. The lowest BCUT2D eigenvalue weighted by Crippen LogP contribution is -2.52. The number of carboxylic acids is 1. The van der Waals surface area contributed by atoms with Crippen LogP contribution in [-0.2, 0) is 25.7 Å². The molecule has 2 aromatic carbocycles. The fourth-order valence-corrected chi connectivity index (χ4v) is 4.95. The lowest BCUT2D eigenvalue weighted by Gasteiger charge is -2.40. The van der Waals surface area contributed by atoms with E-state index in [0.717, 1.165) is 23.8 Å². The Morgan fingerprint density at radius 1 is 1.00 bits per heavy atom. The van der Waals surface area contributed by atoms with Crippen molar-refractivity contribution in [3.8, 4) is 11.3 Å². The summed E-state index contributed by atoms with van der Waals surface area (Å²) in [7, 11) is 0. The minimum atomic E-state index is -5.08. The molecule has 0 saturated heterocycles. The van der Waals surface area contributed by atoms with Gasteiger partial charge in [0, 0.05) is 24.8 Å². The van der Waals surface area contributed by atoms with Gasteiger partial charge in [-0.1, -0.05) is 51.1 Å². The number of nitrogens with one attached hydrogen (secondary N) is 2. The smallest absolute Gasteiger partial charge is 0.475 e. The first kappa shape index (κ1) is 43.1. The number of nitrogens with two attached hydrogens (primary N) is 1. The highest BCUT2D eigenvalue weighted by Gasteiger charge is 2.40. The van der Waals surface area contributed by atoms with Crippen molar-refractivity contribution in [1.82, 2.24) is 25.2 Å². The zero-order valence-electron chi connectivity index (χ0n) is 29.4. The number of hydrazine groups is 1. The molecule has 13 nitrogen and oxygen atoms in total. The fraction of sp³-hybridized carbons (Fsp3) is 0.441. The van der Waals surface area contributed by atoms with Crippen molar-refractivity contribution in [3.05, 3.63) is 77.8 Å². The molecule has 0 spiro atoms. The van der Waals surface area contributed by atoms with E-state index in [4.69, 9.17) is 25.5 Å². The van der Waals surface area contributed by atoms with E-state index in [9.17, 15) is 41.4 Å². The first-order chi connectivity index (χ1) is 24.0. The molecular weight excluding hydrogens is 699 g/mol. The Balaban J connectivity index is 0.00000121. The molecule has 52 heavy (non-hydrogen) atoms. The van der Waals surface area contributed by atoms with Crippen LogP contribution < -0.4 is 16.6 Å². The lowest BCUT2D eigenvalue weighted by atomic mass is 9.84. The largest absolute Gasteiger partial charge is 0.490 e. The summed E-state index contributed by atoms with van der Waals surface area (Å²) in [4.78, 5) is 53.5. The van der Waals surface area contributed by atoms with E-state index in [0.29, 0.717) is 5.82 Å². The highest BCUT2D eigenvalue weighted by Crippen LogP contribution is 2.39. The molecule has 0 unspecified atom stereocenters. The van der Waals surface area contributed by atoms with Crippen LogP contribution in [0.25, 0.3) is 11.3 Å². The number of carbonyl (C=O) groups excluding carboxylic acids is 3. The van der Waals surface area contributed by atoms with E-state index < -0.39 is 71.4 Å². The van der Waals surface area contributed by atoms with E-state index in [1.54, 1.807) is 31.5 Å². The van der Waals surface area contributed by atoms with Gasteiger partial charge in [-0.05, 0) is 56.4 Å². The van der Waals surface area contributed by atoms with Crippen molar-refractivity contribution in [3.63, 3.8) is 0 Å². The molecule has 286 valence electrons. The second-order valence-electron chi connectivity index (χ2n) is 13.5. The third-order valence-electron chi connectivity index (χ3n) is 7.09. The highest BCUT2D eigenvalue weighted by atomic mass is 19.4. The Morgan fingerprint density at radius 3 is 2.10 bits per heavy atom. The number of aliphatic hydroxyl groups excluding tert-OH is 1. The standard InChI is InChI=1S/C32H42F2N6O5.C2HF3O2/c1-31(2,3)27(40(26(42)19-41)15-14-24(29(43)38-35)37-30(44)45-32(4,5)6)28-36-25(22-16-21(33)12-13-23(22)34)18-39(28)17-20-10-8-7-9-11-20;3-2(4,5)1(6)7/h7-13,16,18,24,27,41H,14-15,17,19,35H2,1-6H3,(H,37,44)(H,38,43);(H,6,7)/t24-,27-;/m0./s1. The number of ether oxygens (including phenoxy) is 1. The molecule has 0 aliphatic carbocycles. The van der Waals surface area contributed by atoms with Crippen molar-refractivity contribution in [2.75, 3.05) is 13.2 Å². The number of hydrogen-bond donors (Lipinski definition) is 5. The molecule has 0 saturated carbocycles. The van der Waals surface area contributed by atoms with Crippen LogP contribution in [0.3, 0.4) is 0 Å². The van der Waals surface area contributed by atoms with Gasteiger partial charge in [0.15, 0.2) is 0 Å². The molecule has 3 amide bonds. The number of nitrogens with zero attached hydrogens (tertiary/aromatic N) is 3. The maximum Gasteiger partial charge on any atom is 0.490 e. The van der Waals surface area contributed by atoms with Crippen molar-refractivity contribution < 1.29 is 56.1 Å². The van der Waals surface area contributed by atoms with E-state index >= 15 is 0 Å². The van der Waals surface area contributed by atoms with Crippen molar-refractivity contribution >= 4 is 23.9 Å². The van der Waals surface area contributed by atoms with Gasteiger partial charge in [-0.2, -0.15) is 13.2 Å². The van der Waals surface area contributed by atoms with Crippen LogP contribution in [0.2, 0.25) is 0 Å². The van der Waals surface area contributed by atoms with Gasteiger partial charge in [0.05, 0.1) is 11.7 Å². The summed E-state index contributed by atoms with van der Waals surface area (Å²) in [6, 6.07) is 10.4. The molecular formula is C34H43F5N6O7. The third-order valence-corrected chi connectivity index (χ3v) is 7.09. The summed E-state index contributed by atoms with van der Waals surface area (Å²) in [5, 5.41) is 19.6. The van der Waals surface area contributed by atoms with Gasteiger partial charge >= 0.3 is 18.2 Å². The van der Waals surface area contributed by atoms with Crippen LogP contribution in [0.5, 0.6) is 0 Å². The van der Waals surface area contributed by atoms with Crippen LogP contribution in [0, 0.1) is 17.0 Å². The normalized spacial score (nSPS) is 12.9. The Kier molecular flexibility index (Phi) is 14.8. The van der Waals surface area contributed by atoms with Gasteiger partial charge in [-0.15, -0.1) is 0 Å². The fourth-order valence-electron chi connectivity index (χ4n) is 4.95. The summed E-state index contributed by atoms with van der Waals surface area (Å²) >= 11 is 0. The summed E-state index contributed by atoms with van der Waals surface area (Å²) in [6.07, 6.45) is -4.45.